The Morgan fingerprint density at radius 2 is 1.90 bits per heavy atom. The molecule has 5 nitrogen and oxygen atoms in total. The number of nitrogens with zero attached hydrogens (tertiary/aromatic N) is 1. The molecule has 0 bridgehead atoms. The number of thiophene rings is 1. The zero-order valence-corrected chi connectivity index (χ0v) is 12.7. The lowest BCUT2D eigenvalue weighted by Crippen LogP contribution is -2.34. The van der Waals surface area contributed by atoms with E-state index >= 15 is 0 Å². The average Bonchev–Trinajstić information content (AvgIpc) is 2.96. The van der Waals surface area contributed by atoms with Crippen molar-refractivity contribution in [2.45, 2.75) is 11.8 Å². The molecule has 0 N–H and O–H groups in total. The van der Waals surface area contributed by atoms with Crippen LogP contribution in [0.2, 0.25) is 0 Å². The fraction of sp³-hybridized carbons (Fsp3) is 0.143. The Bertz CT molecular complexity index is 851. The molecule has 3 rings (SSSR count). The van der Waals surface area contributed by atoms with Crippen molar-refractivity contribution in [2.75, 3.05) is 6.54 Å². The van der Waals surface area contributed by atoms with Gasteiger partial charge in [-0.2, -0.15) is 0 Å². The van der Waals surface area contributed by atoms with Crippen LogP contribution in [0.25, 0.3) is 0 Å². The Morgan fingerprint density at radius 1 is 1.19 bits per heavy atom. The Kier molecular flexibility index (Phi) is 3.18. The smallest absolute Gasteiger partial charge is 0.269 e. The van der Waals surface area contributed by atoms with E-state index in [0.717, 1.165) is 4.88 Å². The van der Waals surface area contributed by atoms with E-state index in [0.29, 0.717) is 9.18 Å². The molecule has 1 aliphatic rings. The lowest BCUT2D eigenvalue weighted by atomic mass is 10.2. The minimum absolute atomic E-state index is 0.0369. The van der Waals surface area contributed by atoms with E-state index in [2.05, 4.69) is 0 Å². The first kappa shape index (κ1) is 14.0. The number of carbonyl (C=O) groups excluding carboxylic acids is 2. The normalized spacial score (nSPS) is 16.0. The van der Waals surface area contributed by atoms with E-state index in [-0.39, 0.29) is 16.2 Å². The van der Waals surface area contributed by atoms with E-state index in [1.54, 1.807) is 24.3 Å². The van der Waals surface area contributed by atoms with E-state index in [4.69, 9.17) is 0 Å². The summed E-state index contributed by atoms with van der Waals surface area (Å²) in [5, 5.41) is 0. The summed E-state index contributed by atoms with van der Waals surface area (Å²) in [4.78, 5) is 25.7. The summed E-state index contributed by atoms with van der Waals surface area (Å²) >= 11 is 1.28. The van der Waals surface area contributed by atoms with Crippen molar-refractivity contribution in [2.24, 2.45) is 0 Å². The quantitative estimate of drug-likeness (QED) is 0.812. The minimum atomic E-state index is -3.92. The Labute approximate surface area is 125 Å². The second-order valence-electron chi connectivity index (χ2n) is 4.65. The molecule has 7 heteroatoms. The van der Waals surface area contributed by atoms with Crippen LogP contribution in [0.5, 0.6) is 0 Å². The number of rotatable bonds is 3. The summed E-state index contributed by atoms with van der Waals surface area (Å²) < 4.78 is 25.3. The molecule has 1 aromatic heterocycles. The van der Waals surface area contributed by atoms with Crippen molar-refractivity contribution in [3.8, 4) is 0 Å². The van der Waals surface area contributed by atoms with Gasteiger partial charge in [0, 0.05) is 4.88 Å². The van der Waals surface area contributed by atoms with Crippen LogP contribution in [0.3, 0.4) is 0 Å². The number of sulfonamides is 1. The molecule has 0 atom stereocenters. The summed E-state index contributed by atoms with van der Waals surface area (Å²) in [5.41, 5.74) is 0.118. The van der Waals surface area contributed by atoms with Gasteiger partial charge in [-0.05, 0) is 31.2 Å². The Morgan fingerprint density at radius 3 is 2.52 bits per heavy atom. The first-order chi connectivity index (χ1) is 9.91. The van der Waals surface area contributed by atoms with Crippen LogP contribution in [0, 0.1) is 6.92 Å². The molecule has 21 heavy (non-hydrogen) atoms. The lowest BCUT2D eigenvalue weighted by Gasteiger charge is -2.13. The Hall–Kier alpha value is -1.99. The number of amides is 1. The fourth-order valence-electron chi connectivity index (χ4n) is 2.18. The van der Waals surface area contributed by atoms with Crippen LogP contribution in [0.15, 0.2) is 41.3 Å². The Balaban J connectivity index is 1.94. The maximum absolute atomic E-state index is 12.3. The molecule has 0 spiro atoms. The van der Waals surface area contributed by atoms with Crippen LogP contribution in [-0.4, -0.2) is 31.0 Å². The van der Waals surface area contributed by atoms with Crippen LogP contribution in [0.4, 0.5) is 0 Å². The molecule has 0 fully saturated rings. The summed E-state index contributed by atoms with van der Waals surface area (Å²) in [6.45, 7) is 1.39. The van der Waals surface area contributed by atoms with E-state index in [1.165, 1.54) is 23.5 Å². The third-order valence-corrected chi connectivity index (χ3v) is 6.04. The molecule has 0 aliphatic carbocycles. The number of carbonyl (C=O) groups is 2. The summed E-state index contributed by atoms with van der Waals surface area (Å²) in [6, 6.07) is 9.41. The number of aryl methyl sites for hydroxylation is 1. The molecule has 0 saturated carbocycles. The van der Waals surface area contributed by atoms with Gasteiger partial charge in [0.05, 0.1) is 10.4 Å². The predicted octanol–water partition coefficient (Wildman–Crippen LogP) is 2.08. The maximum atomic E-state index is 12.3. The molecule has 2 aromatic rings. The molecule has 108 valence electrons. The molecule has 1 aliphatic heterocycles. The predicted molar refractivity (Wildman–Crippen MR) is 78.1 cm³/mol. The third kappa shape index (κ3) is 2.18. The van der Waals surface area contributed by atoms with Crippen LogP contribution >= 0.6 is 11.3 Å². The highest BCUT2D eigenvalue weighted by Crippen LogP contribution is 2.30. The first-order valence-electron chi connectivity index (χ1n) is 6.17. The van der Waals surface area contributed by atoms with Gasteiger partial charge >= 0.3 is 0 Å². The van der Waals surface area contributed by atoms with Crippen molar-refractivity contribution in [1.82, 2.24) is 4.31 Å². The summed E-state index contributed by atoms with van der Waals surface area (Å²) in [5.74, 6) is -1.02. The molecule has 0 unspecified atom stereocenters. The number of hydrogen-bond donors (Lipinski definition) is 0. The summed E-state index contributed by atoms with van der Waals surface area (Å²) in [7, 11) is -3.92. The second kappa shape index (κ2) is 4.78. The lowest BCUT2D eigenvalue weighted by molar-refractivity contribution is 0.0822. The molecular formula is C14H11NO4S2. The highest BCUT2D eigenvalue weighted by molar-refractivity contribution is 7.90. The van der Waals surface area contributed by atoms with Gasteiger partial charge in [-0.25, -0.2) is 12.7 Å². The van der Waals surface area contributed by atoms with E-state index < -0.39 is 22.5 Å². The molecule has 0 radical (unpaired) electrons. The second-order valence-corrected chi connectivity index (χ2v) is 7.77. The van der Waals surface area contributed by atoms with E-state index in [1.807, 2.05) is 6.92 Å². The molecule has 0 saturated heterocycles. The topological polar surface area (TPSA) is 71.5 Å². The highest BCUT2D eigenvalue weighted by Gasteiger charge is 2.41. The monoisotopic (exact) mass is 321 g/mol. The highest BCUT2D eigenvalue weighted by atomic mass is 32.2. The van der Waals surface area contributed by atoms with Gasteiger partial charge in [0.15, 0.2) is 5.78 Å². The number of fused-ring (bicyclic) bond motifs is 1. The number of hydrogen-bond acceptors (Lipinski definition) is 5. The number of Topliss-reactive ketones (excluding diaryl/α,β-unsaturated/α-hetero) is 1. The van der Waals surface area contributed by atoms with Gasteiger partial charge in [0.1, 0.15) is 11.4 Å². The van der Waals surface area contributed by atoms with Crippen LogP contribution < -0.4 is 0 Å². The van der Waals surface area contributed by atoms with Gasteiger partial charge in [0.25, 0.3) is 15.9 Å². The fourth-order valence-corrected chi connectivity index (χ4v) is 4.50. The van der Waals surface area contributed by atoms with Crippen LogP contribution in [-0.2, 0) is 10.0 Å². The maximum Gasteiger partial charge on any atom is 0.269 e. The summed E-state index contributed by atoms with van der Waals surface area (Å²) in [6.07, 6.45) is 0. The average molecular weight is 321 g/mol. The van der Waals surface area contributed by atoms with Gasteiger partial charge in [0.2, 0.25) is 0 Å². The van der Waals surface area contributed by atoms with Gasteiger partial charge in [-0.3, -0.25) is 9.59 Å². The number of ketones is 1. The standard InChI is InChI=1S/C14H11NO4S2/c1-9-6-7-12(20-9)11(16)8-15-14(17)10-4-2-3-5-13(10)21(15,18)19/h2-7H,8H2,1H3. The largest absolute Gasteiger partial charge is 0.291 e. The van der Waals surface area contributed by atoms with Crippen molar-refractivity contribution in [3.63, 3.8) is 0 Å². The molecule has 1 amide bonds. The van der Waals surface area contributed by atoms with Gasteiger partial charge in [-0.1, -0.05) is 12.1 Å². The van der Waals surface area contributed by atoms with Crippen molar-refractivity contribution in [3.05, 3.63) is 51.7 Å². The van der Waals surface area contributed by atoms with E-state index in [9.17, 15) is 18.0 Å². The minimum Gasteiger partial charge on any atom is -0.291 e. The SMILES string of the molecule is Cc1ccc(C(=O)CN2C(=O)c3ccccc3S2(=O)=O)s1. The van der Waals surface area contributed by atoms with Crippen molar-refractivity contribution < 1.29 is 18.0 Å². The van der Waals surface area contributed by atoms with Gasteiger partial charge in [-0.15, -0.1) is 11.3 Å². The molecule has 2 heterocycles. The number of benzene rings is 1. The zero-order chi connectivity index (χ0) is 15.2. The molecular weight excluding hydrogens is 310 g/mol. The van der Waals surface area contributed by atoms with Crippen molar-refractivity contribution in [1.29, 1.82) is 0 Å². The third-order valence-electron chi connectivity index (χ3n) is 3.21. The van der Waals surface area contributed by atoms with Crippen LogP contribution in [0.1, 0.15) is 24.9 Å². The zero-order valence-electron chi connectivity index (χ0n) is 11.1. The van der Waals surface area contributed by atoms with Crippen molar-refractivity contribution >= 4 is 33.1 Å². The molecule has 1 aromatic carbocycles. The van der Waals surface area contributed by atoms with Gasteiger partial charge < -0.3 is 0 Å². The first-order valence-corrected chi connectivity index (χ1v) is 8.42.